The molecule has 0 atom stereocenters. The second-order valence-electron chi connectivity index (χ2n) is 8.55. The molecule has 2 heteroatoms. The third kappa shape index (κ3) is 3.45. The first-order valence-corrected chi connectivity index (χ1v) is 11.7. The van der Waals surface area contributed by atoms with Gasteiger partial charge in [0.15, 0.2) is 0 Å². The molecule has 176 valence electrons. The molecule has 1 aromatic heterocycles. The molecule has 0 saturated carbocycles. The molecule has 2 nitrogen and oxygen atoms in total. The molecule has 0 spiro atoms. The zero-order valence-electron chi connectivity index (χ0n) is 32.4. The SMILES string of the molecule is [2H]c1c([2H])c([2H])c2c(-n3c(C([2H])([2H])C([2H])([2H])[2H])nc4ccccc43)c3c([2H])c([2H])c([2H])c([2H])c3c(-c3ccc(-c4ccccc4)cc3)c2c1[2H]. The Morgan fingerprint density at radius 2 is 1.24 bits per heavy atom. The van der Waals surface area contributed by atoms with Crippen LogP contribution in [0.1, 0.15) is 30.5 Å². The number of rotatable bonds is 4. The fourth-order valence-corrected chi connectivity index (χ4v) is 4.91. The zero-order valence-corrected chi connectivity index (χ0v) is 19.4. The average Bonchev–Trinajstić information content (AvgIpc) is 3.50. The van der Waals surface area contributed by atoms with E-state index in [1.807, 2.05) is 30.3 Å². The Balaban J connectivity index is 1.78. The Morgan fingerprint density at radius 3 is 1.92 bits per heavy atom. The van der Waals surface area contributed by atoms with Gasteiger partial charge in [0.05, 0.1) is 27.7 Å². The van der Waals surface area contributed by atoms with Gasteiger partial charge in [-0.1, -0.05) is 122 Å². The summed E-state index contributed by atoms with van der Waals surface area (Å²) in [5.41, 5.74) is 2.35. The highest BCUT2D eigenvalue weighted by atomic mass is 15.1. The first kappa shape index (κ1) is 12.0. The van der Waals surface area contributed by atoms with Gasteiger partial charge in [0, 0.05) is 24.0 Å². The van der Waals surface area contributed by atoms with E-state index < -0.39 is 67.4 Å². The molecule has 7 rings (SSSR count). The third-order valence-electron chi connectivity index (χ3n) is 6.53. The minimum absolute atomic E-state index is 0.0887. The van der Waals surface area contributed by atoms with E-state index in [2.05, 4.69) is 4.98 Å². The quantitative estimate of drug-likeness (QED) is 0.226. The van der Waals surface area contributed by atoms with Crippen molar-refractivity contribution in [2.45, 2.75) is 13.2 Å². The van der Waals surface area contributed by atoms with Crippen LogP contribution in [0.25, 0.3) is 60.5 Å². The normalized spacial score (nSPS) is 17.2. The summed E-state index contributed by atoms with van der Waals surface area (Å²) in [6, 6.07) is 18.2. The Labute approximate surface area is 234 Å². The van der Waals surface area contributed by atoms with Crippen LogP contribution < -0.4 is 0 Å². The summed E-state index contributed by atoms with van der Waals surface area (Å²) < 4.78 is 114. The van der Waals surface area contributed by atoms with Gasteiger partial charge in [-0.25, -0.2) is 4.98 Å². The Bertz CT molecular complexity index is 2440. The van der Waals surface area contributed by atoms with Crippen molar-refractivity contribution in [2.75, 3.05) is 0 Å². The van der Waals surface area contributed by atoms with Crippen molar-refractivity contribution in [3.05, 3.63) is 133 Å². The van der Waals surface area contributed by atoms with Crippen molar-refractivity contribution < 1.29 is 17.8 Å². The molecule has 0 amide bonds. The minimum atomic E-state index is -3.25. The molecular formula is C35H26N2. The van der Waals surface area contributed by atoms with Crippen molar-refractivity contribution >= 4 is 32.6 Å². The fraction of sp³-hybridized carbons (Fsp3) is 0.0571. The largest absolute Gasteiger partial charge is 0.295 e. The van der Waals surface area contributed by atoms with Crippen molar-refractivity contribution in [3.63, 3.8) is 0 Å². The number of aryl methyl sites for hydroxylation is 1. The molecule has 6 aromatic carbocycles. The van der Waals surface area contributed by atoms with Crippen LogP contribution >= 0.6 is 0 Å². The van der Waals surface area contributed by atoms with Gasteiger partial charge in [0.25, 0.3) is 0 Å². The molecule has 0 aliphatic carbocycles. The molecule has 0 aliphatic rings. The van der Waals surface area contributed by atoms with Gasteiger partial charge in [-0.15, -0.1) is 0 Å². The lowest BCUT2D eigenvalue weighted by Crippen LogP contribution is -2.03. The van der Waals surface area contributed by atoms with E-state index in [9.17, 15) is 5.48 Å². The summed E-state index contributed by atoms with van der Waals surface area (Å²) in [5, 5.41) is -0.564. The van der Waals surface area contributed by atoms with E-state index in [-0.39, 0.29) is 43.8 Å². The first-order chi connectivity index (χ1) is 23.6. The molecule has 37 heavy (non-hydrogen) atoms. The lowest BCUT2D eigenvalue weighted by molar-refractivity contribution is 0.917. The topological polar surface area (TPSA) is 17.8 Å². The van der Waals surface area contributed by atoms with Crippen molar-refractivity contribution in [3.8, 4) is 27.9 Å². The minimum Gasteiger partial charge on any atom is -0.295 e. The lowest BCUT2D eigenvalue weighted by atomic mass is 9.89. The molecular weight excluding hydrogens is 448 g/mol. The highest BCUT2D eigenvalue weighted by molar-refractivity contribution is 6.18. The van der Waals surface area contributed by atoms with E-state index in [1.165, 1.54) is 12.1 Å². The van der Waals surface area contributed by atoms with E-state index in [0.717, 1.165) is 15.7 Å². The van der Waals surface area contributed by atoms with Crippen LogP contribution in [-0.2, 0) is 6.37 Å². The summed E-state index contributed by atoms with van der Waals surface area (Å²) in [5.74, 6) is -0.624. The number of benzene rings is 6. The fourth-order valence-electron chi connectivity index (χ4n) is 4.91. The summed E-state index contributed by atoms with van der Waals surface area (Å²) in [6.07, 6.45) is -3.12. The second-order valence-corrected chi connectivity index (χ2v) is 8.55. The highest BCUT2D eigenvalue weighted by Gasteiger charge is 2.20. The molecule has 1 heterocycles. The number of imidazole rings is 1. The van der Waals surface area contributed by atoms with Crippen LogP contribution in [0.3, 0.4) is 0 Å². The van der Waals surface area contributed by atoms with Crippen LogP contribution in [0, 0.1) is 0 Å². The van der Waals surface area contributed by atoms with Crippen LogP contribution in [0.15, 0.2) is 127 Å². The molecule has 7 aromatic rings. The molecule has 0 fully saturated rings. The number of aromatic nitrogens is 2. The number of fused-ring (bicyclic) bond motifs is 3. The van der Waals surface area contributed by atoms with Gasteiger partial charge in [0.1, 0.15) is 5.82 Å². The van der Waals surface area contributed by atoms with Gasteiger partial charge in [-0.3, -0.25) is 4.57 Å². The lowest BCUT2D eigenvalue weighted by Gasteiger charge is -2.19. The Hall–Kier alpha value is -4.69. The average molecular weight is 488 g/mol. The number of hydrogen-bond acceptors (Lipinski definition) is 1. The highest BCUT2D eigenvalue weighted by Crippen LogP contribution is 2.42. The van der Waals surface area contributed by atoms with Crippen LogP contribution in [0.4, 0.5) is 0 Å². The van der Waals surface area contributed by atoms with Crippen LogP contribution in [0.5, 0.6) is 0 Å². The molecule has 0 unspecified atom stereocenters. The van der Waals surface area contributed by atoms with E-state index in [0.29, 0.717) is 5.56 Å². The number of nitrogens with zero attached hydrogens (tertiary/aromatic N) is 2. The summed E-state index contributed by atoms with van der Waals surface area (Å²) in [4.78, 5) is 4.39. The maximum Gasteiger partial charge on any atom is 0.114 e. The Kier molecular flexibility index (Phi) is 2.85. The summed E-state index contributed by atoms with van der Waals surface area (Å²) >= 11 is 0. The van der Waals surface area contributed by atoms with Gasteiger partial charge >= 0.3 is 0 Å². The number of para-hydroxylation sites is 2. The monoisotopic (exact) mass is 487 g/mol. The Morgan fingerprint density at radius 1 is 0.676 bits per heavy atom. The first-order valence-electron chi connectivity index (χ1n) is 18.2. The maximum absolute atomic E-state index is 9.21. The zero-order chi connectivity index (χ0) is 36.0. The van der Waals surface area contributed by atoms with Crippen LogP contribution in [0.2, 0.25) is 0 Å². The molecule has 0 N–H and O–H groups in total. The van der Waals surface area contributed by atoms with Crippen LogP contribution in [-0.4, -0.2) is 9.55 Å². The van der Waals surface area contributed by atoms with E-state index >= 15 is 0 Å². The van der Waals surface area contributed by atoms with E-state index in [1.54, 1.807) is 36.4 Å². The third-order valence-corrected chi connectivity index (χ3v) is 6.53. The van der Waals surface area contributed by atoms with E-state index in [4.69, 9.17) is 12.3 Å². The molecule has 0 bridgehead atoms. The van der Waals surface area contributed by atoms with Gasteiger partial charge in [0.2, 0.25) is 0 Å². The molecule has 0 saturated heterocycles. The van der Waals surface area contributed by atoms with Gasteiger partial charge in [-0.05, 0) is 45.2 Å². The van der Waals surface area contributed by atoms with Gasteiger partial charge < -0.3 is 0 Å². The van der Waals surface area contributed by atoms with Gasteiger partial charge in [-0.2, -0.15) is 0 Å². The summed E-state index contributed by atoms with van der Waals surface area (Å²) in [7, 11) is 0. The molecule has 0 aliphatic heterocycles. The van der Waals surface area contributed by atoms with Crippen molar-refractivity contribution in [1.82, 2.24) is 9.55 Å². The molecule has 0 radical (unpaired) electrons. The van der Waals surface area contributed by atoms with Crippen molar-refractivity contribution in [2.24, 2.45) is 0 Å². The predicted octanol–water partition coefficient (Wildman–Crippen LogP) is 9.23. The van der Waals surface area contributed by atoms with Crippen molar-refractivity contribution in [1.29, 1.82) is 0 Å². The standard InChI is InChI=1S/C35H26N2/c1-2-33-36-31-18-10-11-19-32(31)37(33)35-29-16-8-6-14-27(29)34(28-15-7-9-17-30(28)35)26-22-20-25(21-23-26)24-12-4-3-5-13-24/h3-23H,2H2,1H3/i1D3,2D2,6D,7D,8D,9D,14D,15D,16D,17D. The predicted molar refractivity (Wildman–Crippen MR) is 156 cm³/mol. The second kappa shape index (κ2) is 8.76. The number of hydrogen-bond donors (Lipinski definition) is 0. The maximum atomic E-state index is 9.21. The smallest absolute Gasteiger partial charge is 0.114 e. The summed E-state index contributed by atoms with van der Waals surface area (Å²) in [6.45, 7) is -3.25.